The molecule has 2 rings (SSSR count). The minimum atomic E-state index is -0.700. The molecule has 1 saturated carbocycles. The zero-order valence-corrected chi connectivity index (χ0v) is 10.8. The van der Waals surface area contributed by atoms with E-state index in [1.807, 2.05) is 0 Å². The molecular formula is C8H8Br2N4O. The van der Waals surface area contributed by atoms with Crippen LogP contribution >= 0.6 is 31.9 Å². The number of halogens is 2. The Hall–Kier alpha value is -0.530. The molecule has 0 aliphatic heterocycles. The Balaban J connectivity index is 2.14. The second kappa shape index (κ2) is 3.80. The molecule has 5 nitrogen and oxygen atoms in total. The lowest BCUT2D eigenvalue weighted by molar-refractivity contribution is -0.118. The molecule has 0 bridgehead atoms. The molecule has 0 spiro atoms. The van der Waals surface area contributed by atoms with Gasteiger partial charge < -0.3 is 11.1 Å². The summed E-state index contributed by atoms with van der Waals surface area (Å²) in [5, 5.41) is 2.63. The number of nitrogens with zero attached hydrogens (tertiary/aromatic N) is 2. The van der Waals surface area contributed by atoms with Gasteiger partial charge in [-0.05, 0) is 44.7 Å². The van der Waals surface area contributed by atoms with E-state index in [0.717, 1.165) is 12.8 Å². The number of anilines is 1. The van der Waals surface area contributed by atoms with Crippen LogP contribution in [0.25, 0.3) is 0 Å². The Morgan fingerprint density at radius 2 is 2.20 bits per heavy atom. The summed E-state index contributed by atoms with van der Waals surface area (Å²) in [6.45, 7) is 0. The molecule has 0 unspecified atom stereocenters. The van der Waals surface area contributed by atoms with Crippen molar-refractivity contribution < 1.29 is 4.79 Å². The number of carbonyl (C=O) groups is 1. The number of aromatic nitrogens is 2. The molecule has 1 heterocycles. The number of nitrogens with one attached hydrogen (secondary N) is 1. The molecule has 1 aliphatic carbocycles. The molecule has 80 valence electrons. The third kappa shape index (κ3) is 2.35. The van der Waals surface area contributed by atoms with Gasteiger partial charge in [-0.2, -0.15) is 0 Å². The first-order valence-corrected chi connectivity index (χ1v) is 5.88. The Kier molecular flexibility index (Phi) is 2.78. The van der Waals surface area contributed by atoms with Crippen molar-refractivity contribution in [2.24, 2.45) is 5.73 Å². The van der Waals surface area contributed by atoms with Gasteiger partial charge >= 0.3 is 0 Å². The molecule has 1 fully saturated rings. The lowest BCUT2D eigenvalue weighted by Gasteiger charge is -2.09. The van der Waals surface area contributed by atoms with E-state index in [2.05, 4.69) is 47.1 Å². The van der Waals surface area contributed by atoms with Gasteiger partial charge in [0.25, 0.3) is 0 Å². The average Bonchev–Trinajstić information content (AvgIpc) is 2.90. The summed E-state index contributed by atoms with van der Waals surface area (Å²) in [5.74, 6) is 0.180. The van der Waals surface area contributed by atoms with Gasteiger partial charge in [-0.1, -0.05) is 0 Å². The molecule has 0 atom stereocenters. The summed E-state index contributed by atoms with van der Waals surface area (Å²) in [7, 11) is 0. The van der Waals surface area contributed by atoms with Crippen LogP contribution in [0.15, 0.2) is 15.4 Å². The Bertz CT molecular complexity index is 419. The molecule has 1 aliphatic rings. The van der Waals surface area contributed by atoms with Gasteiger partial charge in [0.2, 0.25) is 5.91 Å². The zero-order valence-electron chi connectivity index (χ0n) is 7.63. The van der Waals surface area contributed by atoms with Crippen LogP contribution in [0.4, 0.5) is 5.82 Å². The van der Waals surface area contributed by atoms with E-state index >= 15 is 0 Å². The number of nitrogens with two attached hydrogens (primary N) is 1. The summed E-state index contributed by atoms with van der Waals surface area (Å²) in [6, 6.07) is 0. The van der Waals surface area contributed by atoms with Crippen molar-refractivity contribution in [3.63, 3.8) is 0 Å². The minimum absolute atomic E-state index is 0.208. The van der Waals surface area contributed by atoms with Gasteiger partial charge in [-0.15, -0.1) is 0 Å². The van der Waals surface area contributed by atoms with Crippen LogP contribution in [0.1, 0.15) is 12.8 Å². The fraction of sp³-hybridized carbons (Fsp3) is 0.375. The highest BCUT2D eigenvalue weighted by molar-refractivity contribution is 9.11. The highest BCUT2D eigenvalue weighted by Crippen LogP contribution is 2.33. The van der Waals surface area contributed by atoms with Gasteiger partial charge in [-0.25, -0.2) is 9.97 Å². The van der Waals surface area contributed by atoms with Gasteiger partial charge in [0.15, 0.2) is 5.82 Å². The van der Waals surface area contributed by atoms with Gasteiger partial charge in [0.1, 0.15) is 9.21 Å². The lowest BCUT2D eigenvalue weighted by Crippen LogP contribution is -2.38. The van der Waals surface area contributed by atoms with E-state index in [1.54, 1.807) is 0 Å². The summed E-state index contributed by atoms with van der Waals surface area (Å²) in [5.41, 5.74) is 5.03. The topological polar surface area (TPSA) is 80.9 Å². The predicted molar refractivity (Wildman–Crippen MR) is 62.2 cm³/mol. The fourth-order valence-electron chi connectivity index (χ4n) is 1.02. The molecule has 0 aromatic carbocycles. The van der Waals surface area contributed by atoms with Crippen LogP contribution in [0.2, 0.25) is 0 Å². The maximum atomic E-state index is 11.6. The first-order valence-electron chi connectivity index (χ1n) is 4.30. The van der Waals surface area contributed by atoms with Crippen LogP contribution in [-0.4, -0.2) is 21.4 Å². The Morgan fingerprint density at radius 1 is 1.53 bits per heavy atom. The summed E-state index contributed by atoms with van der Waals surface area (Å²) in [6.07, 6.45) is 2.96. The number of hydrogen-bond acceptors (Lipinski definition) is 4. The standard InChI is InChI=1S/C8H8Br2N4O/c9-4-3-12-6(5(10)13-4)14-7(15)8(11)1-2-8/h3H,1-2,11H2,(H,12,14,15). The highest BCUT2D eigenvalue weighted by Gasteiger charge is 2.46. The van der Waals surface area contributed by atoms with Crippen LogP contribution in [0, 0.1) is 0 Å². The van der Waals surface area contributed by atoms with E-state index in [4.69, 9.17) is 5.73 Å². The minimum Gasteiger partial charge on any atom is -0.317 e. The third-order valence-corrected chi connectivity index (χ3v) is 3.11. The quantitative estimate of drug-likeness (QED) is 0.856. The molecule has 1 amide bonds. The summed E-state index contributed by atoms with van der Waals surface area (Å²) in [4.78, 5) is 19.7. The number of carbonyl (C=O) groups excluding carboxylic acids is 1. The van der Waals surface area contributed by atoms with Crippen molar-refractivity contribution in [3.8, 4) is 0 Å². The highest BCUT2D eigenvalue weighted by atomic mass is 79.9. The fourth-order valence-corrected chi connectivity index (χ4v) is 1.93. The van der Waals surface area contributed by atoms with Crippen molar-refractivity contribution in [2.75, 3.05) is 5.32 Å². The number of hydrogen-bond donors (Lipinski definition) is 2. The molecular weight excluding hydrogens is 328 g/mol. The van der Waals surface area contributed by atoms with E-state index in [9.17, 15) is 4.79 Å². The molecule has 1 aromatic heterocycles. The molecule has 0 saturated heterocycles. The smallest absolute Gasteiger partial charge is 0.245 e. The molecule has 15 heavy (non-hydrogen) atoms. The van der Waals surface area contributed by atoms with E-state index in [0.29, 0.717) is 15.0 Å². The van der Waals surface area contributed by atoms with Crippen LogP contribution in [0.3, 0.4) is 0 Å². The second-order valence-corrected chi connectivity index (χ2v) is 5.01. The second-order valence-electron chi connectivity index (χ2n) is 3.44. The summed E-state index contributed by atoms with van der Waals surface area (Å²) < 4.78 is 1.08. The van der Waals surface area contributed by atoms with Gasteiger partial charge in [-0.3, -0.25) is 4.79 Å². The SMILES string of the molecule is NC1(C(=O)Nc2ncc(Br)nc2Br)CC1. The predicted octanol–water partition coefficient (Wildman–Crippen LogP) is 1.43. The lowest BCUT2D eigenvalue weighted by atomic mass is 10.3. The molecule has 0 radical (unpaired) electrons. The summed E-state index contributed by atoms with van der Waals surface area (Å²) >= 11 is 6.38. The van der Waals surface area contributed by atoms with E-state index < -0.39 is 5.54 Å². The van der Waals surface area contributed by atoms with E-state index in [-0.39, 0.29) is 5.91 Å². The van der Waals surface area contributed by atoms with Crippen LogP contribution in [0.5, 0.6) is 0 Å². The van der Waals surface area contributed by atoms with Crippen molar-refractivity contribution in [3.05, 3.63) is 15.4 Å². The van der Waals surface area contributed by atoms with E-state index in [1.165, 1.54) is 6.20 Å². The largest absolute Gasteiger partial charge is 0.317 e. The zero-order chi connectivity index (χ0) is 11.1. The maximum absolute atomic E-state index is 11.6. The molecule has 3 N–H and O–H groups in total. The maximum Gasteiger partial charge on any atom is 0.245 e. The Labute approximate surface area is 103 Å². The monoisotopic (exact) mass is 334 g/mol. The number of rotatable bonds is 2. The van der Waals surface area contributed by atoms with Crippen molar-refractivity contribution in [1.29, 1.82) is 0 Å². The van der Waals surface area contributed by atoms with Crippen molar-refractivity contribution in [2.45, 2.75) is 18.4 Å². The first-order chi connectivity index (χ1) is 7.01. The van der Waals surface area contributed by atoms with Crippen LogP contribution < -0.4 is 11.1 Å². The first kappa shape index (κ1) is 11.0. The van der Waals surface area contributed by atoms with Gasteiger partial charge in [0, 0.05) is 0 Å². The normalized spacial score (nSPS) is 17.3. The molecule has 1 aromatic rings. The van der Waals surface area contributed by atoms with Crippen LogP contribution in [-0.2, 0) is 4.79 Å². The molecule has 7 heteroatoms. The Morgan fingerprint density at radius 3 is 2.73 bits per heavy atom. The number of amides is 1. The van der Waals surface area contributed by atoms with Crippen molar-refractivity contribution in [1.82, 2.24) is 9.97 Å². The van der Waals surface area contributed by atoms with Gasteiger partial charge in [0.05, 0.1) is 11.7 Å². The third-order valence-electron chi connectivity index (χ3n) is 2.17. The average molecular weight is 336 g/mol. The van der Waals surface area contributed by atoms with Crippen molar-refractivity contribution >= 4 is 43.6 Å².